The third-order valence-corrected chi connectivity index (χ3v) is 4.08. The van der Waals surface area contributed by atoms with E-state index in [2.05, 4.69) is 5.32 Å². The van der Waals surface area contributed by atoms with Crippen LogP contribution in [-0.4, -0.2) is 25.1 Å². The molecule has 0 aliphatic carbocycles. The van der Waals surface area contributed by atoms with Gasteiger partial charge in [0.1, 0.15) is 5.75 Å². The molecular formula is C19H19Cl2NO4. The Morgan fingerprint density at radius 1 is 1.00 bits per heavy atom. The summed E-state index contributed by atoms with van der Waals surface area (Å²) >= 11 is 11.7. The molecule has 0 saturated heterocycles. The van der Waals surface area contributed by atoms with Crippen molar-refractivity contribution in [3.8, 4) is 5.75 Å². The number of aryl methyl sites for hydroxylation is 3. The van der Waals surface area contributed by atoms with E-state index >= 15 is 0 Å². The van der Waals surface area contributed by atoms with E-state index in [-0.39, 0.29) is 11.6 Å². The van der Waals surface area contributed by atoms with Crippen molar-refractivity contribution in [3.63, 3.8) is 0 Å². The summed E-state index contributed by atoms with van der Waals surface area (Å²) in [6, 6.07) is 8.58. The first kappa shape index (κ1) is 20.1. The van der Waals surface area contributed by atoms with E-state index in [9.17, 15) is 9.59 Å². The molecule has 0 fully saturated rings. The fraction of sp³-hybridized carbons (Fsp3) is 0.263. The van der Waals surface area contributed by atoms with Gasteiger partial charge in [0.2, 0.25) is 0 Å². The molecule has 0 bridgehead atoms. The van der Waals surface area contributed by atoms with Crippen LogP contribution in [0.25, 0.3) is 0 Å². The summed E-state index contributed by atoms with van der Waals surface area (Å²) in [4.78, 5) is 23.7. The molecule has 0 radical (unpaired) electrons. The minimum atomic E-state index is -0.677. The minimum Gasteiger partial charge on any atom is -0.480 e. The van der Waals surface area contributed by atoms with Gasteiger partial charge in [-0.25, -0.2) is 4.79 Å². The molecule has 2 aromatic carbocycles. The molecule has 2 aromatic rings. The Kier molecular flexibility index (Phi) is 6.89. The summed E-state index contributed by atoms with van der Waals surface area (Å²) in [6.45, 7) is 5.04. The molecule has 0 spiro atoms. The standard InChI is InChI=1S/C19H19Cl2NO4/c1-11-6-12(2)19(13(3)7-11)22-17(23)9-26-18(24)10-25-16-5-4-14(20)8-15(16)21/h4-8H,9-10H2,1-3H3,(H,22,23). The molecule has 0 unspecified atom stereocenters. The summed E-state index contributed by atoms with van der Waals surface area (Å²) < 4.78 is 10.2. The van der Waals surface area contributed by atoms with Crippen LogP contribution < -0.4 is 10.1 Å². The highest BCUT2D eigenvalue weighted by Gasteiger charge is 2.12. The monoisotopic (exact) mass is 395 g/mol. The summed E-state index contributed by atoms with van der Waals surface area (Å²) in [5.74, 6) is -0.787. The molecule has 7 heteroatoms. The van der Waals surface area contributed by atoms with Gasteiger partial charge in [-0.15, -0.1) is 0 Å². The van der Waals surface area contributed by atoms with Crippen molar-refractivity contribution >= 4 is 40.8 Å². The van der Waals surface area contributed by atoms with E-state index in [0.29, 0.717) is 10.8 Å². The lowest BCUT2D eigenvalue weighted by Gasteiger charge is -2.13. The highest BCUT2D eigenvalue weighted by atomic mass is 35.5. The molecule has 1 N–H and O–H groups in total. The summed E-state index contributed by atoms with van der Waals surface area (Å²) in [7, 11) is 0. The van der Waals surface area contributed by atoms with Crippen molar-refractivity contribution < 1.29 is 19.1 Å². The average Bonchev–Trinajstić information content (AvgIpc) is 2.55. The molecule has 0 saturated carbocycles. The molecule has 0 aliphatic heterocycles. The van der Waals surface area contributed by atoms with Gasteiger partial charge in [0.05, 0.1) is 5.02 Å². The van der Waals surface area contributed by atoms with Gasteiger partial charge in [-0.3, -0.25) is 4.79 Å². The van der Waals surface area contributed by atoms with Crippen molar-refractivity contribution in [2.75, 3.05) is 18.5 Å². The normalized spacial score (nSPS) is 10.3. The first-order valence-electron chi connectivity index (χ1n) is 7.87. The number of carbonyl (C=O) groups excluding carboxylic acids is 2. The Balaban J connectivity index is 1.83. The number of ether oxygens (including phenoxy) is 2. The Morgan fingerprint density at radius 3 is 2.27 bits per heavy atom. The highest BCUT2D eigenvalue weighted by molar-refractivity contribution is 6.35. The van der Waals surface area contributed by atoms with E-state index in [1.54, 1.807) is 12.1 Å². The molecule has 0 aliphatic rings. The van der Waals surface area contributed by atoms with Crippen LogP contribution in [0.15, 0.2) is 30.3 Å². The third kappa shape index (κ3) is 5.64. The van der Waals surface area contributed by atoms with Crippen LogP contribution in [0, 0.1) is 20.8 Å². The number of rotatable bonds is 6. The Hall–Kier alpha value is -2.24. The molecule has 0 heterocycles. The van der Waals surface area contributed by atoms with E-state index in [1.165, 1.54) is 6.07 Å². The lowest BCUT2D eigenvalue weighted by molar-refractivity contribution is -0.149. The van der Waals surface area contributed by atoms with Gasteiger partial charge in [0.15, 0.2) is 13.2 Å². The molecule has 1 amide bonds. The zero-order valence-corrected chi connectivity index (χ0v) is 16.2. The molecule has 138 valence electrons. The fourth-order valence-electron chi connectivity index (χ4n) is 2.47. The van der Waals surface area contributed by atoms with Gasteiger partial charge < -0.3 is 14.8 Å². The van der Waals surface area contributed by atoms with Crippen LogP contribution in [0.1, 0.15) is 16.7 Å². The first-order chi connectivity index (χ1) is 12.3. The lowest BCUT2D eigenvalue weighted by Crippen LogP contribution is -2.24. The fourth-order valence-corrected chi connectivity index (χ4v) is 2.93. The predicted molar refractivity (Wildman–Crippen MR) is 102 cm³/mol. The van der Waals surface area contributed by atoms with Gasteiger partial charge >= 0.3 is 5.97 Å². The van der Waals surface area contributed by atoms with Crippen LogP contribution in [0.5, 0.6) is 5.75 Å². The van der Waals surface area contributed by atoms with Gasteiger partial charge in [-0.2, -0.15) is 0 Å². The smallest absolute Gasteiger partial charge is 0.344 e. The van der Waals surface area contributed by atoms with Crippen LogP contribution in [0.4, 0.5) is 5.69 Å². The van der Waals surface area contributed by atoms with E-state index in [1.807, 2.05) is 32.9 Å². The van der Waals surface area contributed by atoms with Crippen molar-refractivity contribution in [1.29, 1.82) is 0 Å². The zero-order valence-electron chi connectivity index (χ0n) is 14.7. The van der Waals surface area contributed by atoms with Crippen LogP contribution >= 0.6 is 23.2 Å². The zero-order chi connectivity index (χ0) is 19.3. The predicted octanol–water partition coefficient (Wildman–Crippen LogP) is 4.48. The van der Waals surface area contributed by atoms with E-state index in [0.717, 1.165) is 22.4 Å². The van der Waals surface area contributed by atoms with Crippen LogP contribution in [0.3, 0.4) is 0 Å². The second-order valence-corrected chi connectivity index (χ2v) is 6.69. The topological polar surface area (TPSA) is 64.6 Å². The molecule has 0 aromatic heterocycles. The minimum absolute atomic E-state index is 0.286. The number of hydrogen-bond acceptors (Lipinski definition) is 4. The molecule has 0 atom stereocenters. The van der Waals surface area contributed by atoms with Crippen LogP contribution in [-0.2, 0) is 14.3 Å². The maximum atomic E-state index is 12.0. The Bertz CT molecular complexity index is 813. The molecule has 5 nitrogen and oxygen atoms in total. The maximum absolute atomic E-state index is 12.0. The van der Waals surface area contributed by atoms with E-state index < -0.39 is 18.5 Å². The highest BCUT2D eigenvalue weighted by Crippen LogP contribution is 2.27. The number of benzene rings is 2. The summed E-state index contributed by atoms with van der Waals surface area (Å²) in [5, 5.41) is 3.50. The Labute approximate surface area is 162 Å². The van der Waals surface area contributed by atoms with Crippen LogP contribution in [0.2, 0.25) is 10.0 Å². The lowest BCUT2D eigenvalue weighted by atomic mass is 10.1. The van der Waals surface area contributed by atoms with E-state index in [4.69, 9.17) is 32.7 Å². The van der Waals surface area contributed by atoms with Gasteiger partial charge in [0.25, 0.3) is 5.91 Å². The van der Waals surface area contributed by atoms with Gasteiger partial charge in [0, 0.05) is 10.7 Å². The quantitative estimate of drug-likeness (QED) is 0.732. The third-order valence-electron chi connectivity index (χ3n) is 3.55. The number of nitrogens with one attached hydrogen (secondary N) is 1. The number of halogens is 2. The second kappa shape index (κ2) is 8.92. The Morgan fingerprint density at radius 2 is 1.65 bits per heavy atom. The summed E-state index contributed by atoms with van der Waals surface area (Å²) in [6.07, 6.45) is 0. The largest absolute Gasteiger partial charge is 0.480 e. The summed E-state index contributed by atoms with van der Waals surface area (Å²) in [5.41, 5.74) is 3.73. The number of hydrogen-bond donors (Lipinski definition) is 1. The van der Waals surface area contributed by atoms with Gasteiger partial charge in [-0.1, -0.05) is 40.9 Å². The van der Waals surface area contributed by atoms with Crippen molar-refractivity contribution in [1.82, 2.24) is 0 Å². The number of esters is 1. The van der Waals surface area contributed by atoms with Crippen molar-refractivity contribution in [3.05, 3.63) is 57.1 Å². The van der Waals surface area contributed by atoms with Crippen molar-refractivity contribution in [2.24, 2.45) is 0 Å². The molecule has 26 heavy (non-hydrogen) atoms. The number of amides is 1. The molecular weight excluding hydrogens is 377 g/mol. The maximum Gasteiger partial charge on any atom is 0.344 e. The first-order valence-corrected chi connectivity index (χ1v) is 8.63. The number of anilines is 1. The molecule has 2 rings (SSSR count). The SMILES string of the molecule is Cc1cc(C)c(NC(=O)COC(=O)COc2ccc(Cl)cc2Cl)c(C)c1. The second-order valence-electron chi connectivity index (χ2n) is 5.85. The van der Waals surface area contributed by atoms with Gasteiger partial charge in [-0.05, 0) is 50.1 Å². The average molecular weight is 396 g/mol. The number of carbonyl (C=O) groups is 2. The van der Waals surface area contributed by atoms with Crippen molar-refractivity contribution in [2.45, 2.75) is 20.8 Å².